The first kappa shape index (κ1) is 16.6. The van der Waals surface area contributed by atoms with E-state index in [0.717, 1.165) is 55.7 Å². The summed E-state index contributed by atoms with van der Waals surface area (Å²) < 4.78 is 0. The second-order valence-electron chi connectivity index (χ2n) is 6.76. The van der Waals surface area contributed by atoms with Gasteiger partial charge < -0.3 is 4.90 Å². The van der Waals surface area contributed by atoms with Crippen LogP contribution < -0.4 is 4.90 Å². The second kappa shape index (κ2) is 7.55. The Balaban J connectivity index is 1.56. The molecule has 4 rings (SSSR count). The molecule has 0 bridgehead atoms. The van der Waals surface area contributed by atoms with E-state index in [0.29, 0.717) is 5.69 Å². The van der Waals surface area contributed by atoms with E-state index < -0.39 is 0 Å². The Labute approximate surface area is 154 Å². The molecule has 0 spiro atoms. The Kier molecular flexibility index (Phi) is 4.81. The van der Waals surface area contributed by atoms with E-state index in [1.54, 1.807) is 0 Å². The van der Waals surface area contributed by atoms with Crippen molar-refractivity contribution in [2.24, 2.45) is 0 Å². The summed E-state index contributed by atoms with van der Waals surface area (Å²) >= 11 is 0. The Hall–Kier alpha value is -2.90. The predicted molar refractivity (Wildman–Crippen MR) is 105 cm³/mol. The van der Waals surface area contributed by atoms with Crippen LogP contribution in [0.2, 0.25) is 0 Å². The zero-order chi connectivity index (χ0) is 17.8. The summed E-state index contributed by atoms with van der Waals surface area (Å²) in [6, 6.07) is 22.9. The van der Waals surface area contributed by atoms with Crippen LogP contribution in [0.4, 0.5) is 5.69 Å². The summed E-state index contributed by atoms with van der Waals surface area (Å²) in [4.78, 5) is 9.38. The summed E-state index contributed by atoms with van der Waals surface area (Å²) in [5, 5.41) is 10.5. The first-order valence-corrected chi connectivity index (χ1v) is 9.14. The summed E-state index contributed by atoms with van der Waals surface area (Å²) in [6.45, 7) is 5.08. The maximum absolute atomic E-state index is 9.34. The van der Waals surface area contributed by atoms with Crippen LogP contribution in [0.5, 0.6) is 0 Å². The molecule has 1 aromatic heterocycles. The number of aromatic nitrogens is 1. The van der Waals surface area contributed by atoms with Crippen molar-refractivity contribution in [1.82, 2.24) is 9.88 Å². The van der Waals surface area contributed by atoms with Crippen LogP contribution in [0.3, 0.4) is 0 Å². The van der Waals surface area contributed by atoms with E-state index >= 15 is 0 Å². The molecule has 2 heterocycles. The van der Waals surface area contributed by atoms with Crippen LogP contribution in [0.25, 0.3) is 10.9 Å². The van der Waals surface area contributed by atoms with Gasteiger partial charge in [0.1, 0.15) is 11.8 Å². The number of nitriles is 1. The van der Waals surface area contributed by atoms with Gasteiger partial charge in [-0.05, 0) is 24.1 Å². The number of hydrogen-bond donors (Lipinski definition) is 0. The first-order valence-electron chi connectivity index (χ1n) is 9.14. The van der Waals surface area contributed by atoms with E-state index in [-0.39, 0.29) is 0 Å². The highest BCUT2D eigenvalue weighted by Crippen LogP contribution is 2.27. The number of anilines is 1. The van der Waals surface area contributed by atoms with Gasteiger partial charge in [-0.15, -0.1) is 0 Å². The number of hydrogen-bond acceptors (Lipinski definition) is 4. The van der Waals surface area contributed by atoms with Crippen LogP contribution >= 0.6 is 0 Å². The average molecular weight is 342 g/mol. The number of benzene rings is 2. The molecular formula is C22H22N4. The lowest BCUT2D eigenvalue weighted by atomic mass is 10.1. The minimum Gasteiger partial charge on any atom is -0.370 e. The van der Waals surface area contributed by atoms with E-state index in [9.17, 15) is 5.26 Å². The molecule has 0 saturated carbocycles. The summed E-state index contributed by atoms with van der Waals surface area (Å²) in [6.07, 6.45) is 1.12. The molecule has 26 heavy (non-hydrogen) atoms. The molecule has 2 aromatic carbocycles. The Bertz CT molecular complexity index is 930. The molecule has 0 unspecified atom stereocenters. The van der Waals surface area contributed by atoms with Gasteiger partial charge in [-0.1, -0.05) is 48.5 Å². The summed E-state index contributed by atoms with van der Waals surface area (Å²) in [5.41, 5.74) is 3.88. The Morgan fingerprint density at radius 2 is 1.73 bits per heavy atom. The van der Waals surface area contributed by atoms with Crippen LogP contribution in [0.15, 0.2) is 60.7 Å². The van der Waals surface area contributed by atoms with E-state index in [1.807, 2.05) is 24.3 Å². The lowest BCUT2D eigenvalue weighted by Gasteiger charge is -2.25. The molecule has 1 saturated heterocycles. The maximum atomic E-state index is 9.34. The standard InChI is InChI=1S/C22H22N4/c23-16-19-15-22(20-9-4-5-10-21(20)24-19)26-12-6-11-25(13-14-26)17-18-7-2-1-3-8-18/h1-5,7-10,15H,6,11-14,17H2. The number of fused-ring (bicyclic) bond motifs is 1. The third kappa shape index (κ3) is 3.54. The monoisotopic (exact) mass is 342 g/mol. The lowest BCUT2D eigenvalue weighted by molar-refractivity contribution is 0.285. The highest BCUT2D eigenvalue weighted by molar-refractivity contribution is 5.92. The van der Waals surface area contributed by atoms with Crippen molar-refractivity contribution in [1.29, 1.82) is 5.26 Å². The van der Waals surface area contributed by atoms with E-state index in [4.69, 9.17) is 0 Å². The maximum Gasteiger partial charge on any atom is 0.143 e. The molecule has 3 aromatic rings. The minimum atomic E-state index is 0.490. The van der Waals surface area contributed by atoms with Gasteiger partial charge in [-0.2, -0.15) is 5.26 Å². The number of para-hydroxylation sites is 1. The molecule has 1 aliphatic rings. The van der Waals surface area contributed by atoms with Crippen molar-refractivity contribution in [2.45, 2.75) is 13.0 Å². The highest BCUT2D eigenvalue weighted by atomic mass is 15.2. The minimum absolute atomic E-state index is 0.490. The van der Waals surface area contributed by atoms with Crippen molar-refractivity contribution < 1.29 is 0 Å². The number of pyridine rings is 1. The third-order valence-electron chi connectivity index (χ3n) is 4.99. The molecule has 130 valence electrons. The van der Waals surface area contributed by atoms with Crippen molar-refractivity contribution in [3.05, 3.63) is 71.9 Å². The molecule has 0 N–H and O–H groups in total. The van der Waals surface area contributed by atoms with E-state index in [2.05, 4.69) is 57.3 Å². The first-order chi connectivity index (χ1) is 12.8. The number of nitrogens with zero attached hydrogens (tertiary/aromatic N) is 4. The number of rotatable bonds is 3. The molecule has 0 amide bonds. The van der Waals surface area contributed by atoms with Gasteiger partial charge in [-0.25, -0.2) is 4.98 Å². The van der Waals surface area contributed by atoms with Crippen LogP contribution in [-0.4, -0.2) is 36.1 Å². The van der Waals surface area contributed by atoms with E-state index in [1.165, 1.54) is 5.56 Å². The third-order valence-corrected chi connectivity index (χ3v) is 4.99. The van der Waals surface area contributed by atoms with Crippen molar-refractivity contribution in [3.63, 3.8) is 0 Å². The smallest absolute Gasteiger partial charge is 0.143 e. The zero-order valence-electron chi connectivity index (χ0n) is 14.8. The second-order valence-corrected chi connectivity index (χ2v) is 6.76. The Morgan fingerprint density at radius 1 is 0.923 bits per heavy atom. The van der Waals surface area contributed by atoms with Crippen LogP contribution in [0, 0.1) is 11.3 Å². The fourth-order valence-corrected chi connectivity index (χ4v) is 3.69. The van der Waals surface area contributed by atoms with Crippen molar-refractivity contribution >= 4 is 16.6 Å². The molecule has 0 radical (unpaired) electrons. The normalized spacial score (nSPS) is 15.6. The fraction of sp³-hybridized carbons (Fsp3) is 0.273. The van der Waals surface area contributed by atoms with Crippen molar-refractivity contribution in [3.8, 4) is 6.07 Å². The molecule has 4 nitrogen and oxygen atoms in total. The zero-order valence-corrected chi connectivity index (χ0v) is 14.8. The molecule has 4 heteroatoms. The lowest BCUT2D eigenvalue weighted by Crippen LogP contribution is -2.30. The quantitative estimate of drug-likeness (QED) is 0.726. The summed E-state index contributed by atoms with van der Waals surface area (Å²) in [5.74, 6) is 0. The Morgan fingerprint density at radius 3 is 2.58 bits per heavy atom. The molecule has 0 atom stereocenters. The highest BCUT2D eigenvalue weighted by Gasteiger charge is 2.18. The van der Waals surface area contributed by atoms with Crippen molar-refractivity contribution in [2.75, 3.05) is 31.1 Å². The van der Waals surface area contributed by atoms with Crippen LogP contribution in [0.1, 0.15) is 17.7 Å². The molecular weight excluding hydrogens is 320 g/mol. The van der Waals surface area contributed by atoms with Gasteiger partial charge in [0, 0.05) is 43.8 Å². The predicted octanol–water partition coefficient (Wildman–Crippen LogP) is 3.82. The fourth-order valence-electron chi connectivity index (χ4n) is 3.69. The van der Waals surface area contributed by atoms with Crippen LogP contribution in [-0.2, 0) is 6.54 Å². The van der Waals surface area contributed by atoms with Gasteiger partial charge in [0.15, 0.2) is 0 Å². The van der Waals surface area contributed by atoms with Gasteiger partial charge in [0.05, 0.1) is 5.52 Å². The van der Waals surface area contributed by atoms with Gasteiger partial charge in [0.2, 0.25) is 0 Å². The topological polar surface area (TPSA) is 43.2 Å². The molecule has 1 aliphatic heterocycles. The average Bonchev–Trinajstić information content (AvgIpc) is 2.93. The molecule has 0 aliphatic carbocycles. The van der Waals surface area contributed by atoms with Gasteiger partial charge >= 0.3 is 0 Å². The summed E-state index contributed by atoms with van der Waals surface area (Å²) in [7, 11) is 0. The largest absolute Gasteiger partial charge is 0.370 e. The molecule has 1 fully saturated rings. The van der Waals surface area contributed by atoms with Gasteiger partial charge in [0.25, 0.3) is 0 Å². The SMILES string of the molecule is N#Cc1cc(N2CCCN(Cc3ccccc3)CC2)c2ccccc2n1. The van der Waals surface area contributed by atoms with Gasteiger partial charge in [-0.3, -0.25) is 4.90 Å².